The van der Waals surface area contributed by atoms with E-state index in [1.807, 2.05) is 17.5 Å². The molecule has 0 aliphatic carbocycles. The van der Waals surface area contributed by atoms with E-state index in [1.54, 1.807) is 11.3 Å². The molecule has 2 heterocycles. The van der Waals surface area contributed by atoms with Crippen LogP contribution in [-0.2, 0) is 0 Å². The Kier molecular flexibility index (Phi) is 2.76. The number of ether oxygens (including phenoxy) is 2. The maximum absolute atomic E-state index is 5.55. The van der Waals surface area contributed by atoms with Crippen molar-refractivity contribution in [1.82, 2.24) is 0 Å². The van der Waals surface area contributed by atoms with Crippen molar-refractivity contribution in [3.05, 3.63) is 16.3 Å². The van der Waals surface area contributed by atoms with Gasteiger partial charge in [-0.1, -0.05) is 6.08 Å². The van der Waals surface area contributed by atoms with Crippen LogP contribution in [0.5, 0.6) is 11.5 Å². The van der Waals surface area contributed by atoms with Gasteiger partial charge in [0, 0.05) is 11.3 Å². The van der Waals surface area contributed by atoms with Gasteiger partial charge in [-0.15, -0.1) is 22.9 Å². The molecule has 1 aliphatic rings. The van der Waals surface area contributed by atoms with Gasteiger partial charge in [-0.2, -0.15) is 0 Å². The molecule has 70 valence electrons. The van der Waals surface area contributed by atoms with Crippen LogP contribution >= 0.6 is 22.9 Å². The molecule has 0 spiro atoms. The summed E-state index contributed by atoms with van der Waals surface area (Å²) in [6.45, 7) is 1.27. The van der Waals surface area contributed by atoms with Crippen LogP contribution in [-0.4, -0.2) is 19.1 Å². The second-order valence-corrected chi connectivity index (χ2v) is 3.77. The van der Waals surface area contributed by atoms with Gasteiger partial charge >= 0.3 is 0 Å². The molecule has 1 aromatic heterocycles. The lowest BCUT2D eigenvalue weighted by Gasteiger charge is -2.15. The summed E-state index contributed by atoms with van der Waals surface area (Å²) >= 11 is 7.16. The van der Waals surface area contributed by atoms with Gasteiger partial charge in [0.25, 0.3) is 0 Å². The van der Waals surface area contributed by atoms with E-state index in [1.165, 1.54) is 0 Å². The minimum absolute atomic E-state index is 0.521. The van der Waals surface area contributed by atoms with E-state index >= 15 is 0 Å². The van der Waals surface area contributed by atoms with E-state index in [0.717, 1.165) is 16.4 Å². The van der Waals surface area contributed by atoms with Gasteiger partial charge in [0.05, 0.1) is 4.88 Å². The molecule has 4 heteroatoms. The van der Waals surface area contributed by atoms with E-state index in [4.69, 9.17) is 21.1 Å². The average molecular weight is 217 g/mol. The molecule has 2 rings (SSSR count). The first kappa shape index (κ1) is 8.91. The molecule has 1 aliphatic heterocycles. The standard InChI is InChI=1S/C9H9ClO2S/c10-3-1-2-8-9-7(6-13-8)11-4-5-12-9/h1-2,6H,3-5H2. The lowest BCUT2D eigenvalue weighted by atomic mass is 10.3. The minimum Gasteiger partial charge on any atom is -0.485 e. The summed E-state index contributed by atoms with van der Waals surface area (Å²) in [7, 11) is 0. The highest BCUT2D eigenvalue weighted by molar-refractivity contribution is 7.11. The van der Waals surface area contributed by atoms with Gasteiger partial charge in [-0.05, 0) is 6.08 Å². The van der Waals surface area contributed by atoms with Gasteiger partial charge < -0.3 is 9.47 Å². The lowest BCUT2D eigenvalue weighted by Crippen LogP contribution is -2.14. The topological polar surface area (TPSA) is 18.5 Å². The Labute approximate surface area is 85.7 Å². The smallest absolute Gasteiger partial charge is 0.179 e. The van der Waals surface area contributed by atoms with Crippen LogP contribution in [0.4, 0.5) is 0 Å². The van der Waals surface area contributed by atoms with Gasteiger partial charge in [-0.25, -0.2) is 0 Å². The van der Waals surface area contributed by atoms with Crippen LogP contribution in [0.3, 0.4) is 0 Å². The van der Waals surface area contributed by atoms with Crippen molar-refractivity contribution in [1.29, 1.82) is 0 Å². The molecule has 0 unspecified atom stereocenters. The largest absolute Gasteiger partial charge is 0.485 e. The summed E-state index contributed by atoms with van der Waals surface area (Å²) in [4.78, 5) is 1.08. The molecule has 0 amide bonds. The molecule has 0 N–H and O–H groups in total. The molecule has 0 saturated carbocycles. The van der Waals surface area contributed by atoms with Crippen LogP contribution in [0.1, 0.15) is 4.88 Å². The van der Waals surface area contributed by atoms with E-state index < -0.39 is 0 Å². The highest BCUT2D eigenvalue weighted by atomic mass is 35.5. The monoisotopic (exact) mass is 216 g/mol. The van der Waals surface area contributed by atoms with Crippen LogP contribution in [0.2, 0.25) is 0 Å². The highest BCUT2D eigenvalue weighted by Crippen LogP contribution is 2.39. The van der Waals surface area contributed by atoms with Gasteiger partial charge in [0.1, 0.15) is 13.2 Å². The third-order valence-electron chi connectivity index (χ3n) is 1.69. The summed E-state index contributed by atoms with van der Waals surface area (Å²) in [5.41, 5.74) is 0. The molecule has 0 radical (unpaired) electrons. The molecule has 2 nitrogen and oxygen atoms in total. The number of alkyl halides is 1. The highest BCUT2D eigenvalue weighted by Gasteiger charge is 2.16. The van der Waals surface area contributed by atoms with Crippen LogP contribution in [0, 0.1) is 0 Å². The molecular weight excluding hydrogens is 208 g/mol. The van der Waals surface area contributed by atoms with Crippen LogP contribution < -0.4 is 9.47 Å². The van der Waals surface area contributed by atoms with Crippen molar-refractivity contribution < 1.29 is 9.47 Å². The Bertz CT molecular complexity index is 319. The van der Waals surface area contributed by atoms with Crippen LogP contribution in [0.25, 0.3) is 6.08 Å². The lowest BCUT2D eigenvalue weighted by molar-refractivity contribution is 0.173. The average Bonchev–Trinajstić information content (AvgIpc) is 2.58. The zero-order valence-electron chi connectivity index (χ0n) is 6.96. The number of rotatable bonds is 2. The summed E-state index contributed by atoms with van der Waals surface area (Å²) in [5.74, 6) is 2.23. The maximum atomic E-state index is 5.55. The fraction of sp³-hybridized carbons (Fsp3) is 0.333. The molecule has 1 aromatic rings. The van der Waals surface area contributed by atoms with Crippen molar-refractivity contribution in [2.45, 2.75) is 0 Å². The Morgan fingerprint density at radius 2 is 2.31 bits per heavy atom. The molecule has 0 bridgehead atoms. The predicted molar refractivity (Wildman–Crippen MR) is 55.1 cm³/mol. The van der Waals surface area contributed by atoms with Crippen molar-refractivity contribution >= 4 is 29.0 Å². The summed E-state index contributed by atoms with van der Waals surface area (Å²) in [5, 5.41) is 1.96. The van der Waals surface area contributed by atoms with E-state index in [-0.39, 0.29) is 0 Å². The third kappa shape index (κ3) is 1.81. The third-order valence-corrected chi connectivity index (χ3v) is 2.77. The number of fused-ring (bicyclic) bond motifs is 1. The van der Waals surface area contributed by atoms with E-state index in [9.17, 15) is 0 Å². The van der Waals surface area contributed by atoms with Crippen molar-refractivity contribution in [2.24, 2.45) is 0 Å². The Morgan fingerprint density at radius 3 is 3.15 bits per heavy atom. The molecule has 0 fully saturated rings. The van der Waals surface area contributed by atoms with Gasteiger partial charge in [-0.3, -0.25) is 0 Å². The molecular formula is C9H9ClO2S. The Balaban J connectivity index is 2.26. The summed E-state index contributed by atoms with van der Waals surface area (Å²) < 4.78 is 10.9. The normalized spacial score (nSPS) is 15.2. The second kappa shape index (κ2) is 4.03. The van der Waals surface area contributed by atoms with Crippen molar-refractivity contribution in [3.8, 4) is 11.5 Å². The maximum Gasteiger partial charge on any atom is 0.179 e. The number of hydrogen-bond acceptors (Lipinski definition) is 3. The minimum atomic E-state index is 0.521. The molecule has 0 aromatic carbocycles. The van der Waals surface area contributed by atoms with Gasteiger partial charge in [0.15, 0.2) is 11.5 Å². The fourth-order valence-corrected chi connectivity index (χ4v) is 2.09. The second-order valence-electron chi connectivity index (χ2n) is 2.55. The number of hydrogen-bond donors (Lipinski definition) is 0. The molecule has 0 atom stereocenters. The number of allylic oxidation sites excluding steroid dienone is 1. The van der Waals surface area contributed by atoms with Crippen LogP contribution in [0.15, 0.2) is 11.5 Å². The van der Waals surface area contributed by atoms with E-state index in [0.29, 0.717) is 19.1 Å². The fourth-order valence-electron chi connectivity index (χ4n) is 1.15. The first-order valence-corrected chi connectivity index (χ1v) is 5.43. The Morgan fingerprint density at radius 1 is 1.46 bits per heavy atom. The van der Waals surface area contributed by atoms with Crippen molar-refractivity contribution in [3.63, 3.8) is 0 Å². The number of thiophene rings is 1. The first-order chi connectivity index (χ1) is 6.42. The van der Waals surface area contributed by atoms with E-state index in [2.05, 4.69) is 0 Å². The molecule has 0 saturated heterocycles. The zero-order valence-corrected chi connectivity index (χ0v) is 8.53. The SMILES string of the molecule is ClCC=Cc1scc2c1OCCO2. The predicted octanol–water partition coefficient (Wildman–Crippen LogP) is 2.77. The molecule has 13 heavy (non-hydrogen) atoms. The van der Waals surface area contributed by atoms with Gasteiger partial charge in [0.2, 0.25) is 0 Å². The summed E-state index contributed by atoms with van der Waals surface area (Å²) in [6, 6.07) is 0. The first-order valence-electron chi connectivity index (χ1n) is 4.01. The van der Waals surface area contributed by atoms with Crippen molar-refractivity contribution in [2.75, 3.05) is 19.1 Å². The quantitative estimate of drug-likeness (QED) is 0.708. The number of halogens is 1. The summed E-state index contributed by atoms with van der Waals surface area (Å²) in [6.07, 6.45) is 3.86. The zero-order chi connectivity index (χ0) is 9.10. The Hall–Kier alpha value is -0.670.